The van der Waals surface area contributed by atoms with Gasteiger partial charge in [0.2, 0.25) is 0 Å². The second-order valence-electron chi connectivity index (χ2n) is 3.34. The number of esters is 1. The highest BCUT2D eigenvalue weighted by Gasteiger charge is 2.14. The predicted octanol–water partition coefficient (Wildman–Crippen LogP) is 2.74. The highest BCUT2D eigenvalue weighted by molar-refractivity contribution is 9.10. The van der Waals surface area contributed by atoms with Gasteiger partial charge in [-0.25, -0.2) is 0 Å². The Bertz CT molecular complexity index is 441. The molecular weight excluding hydrogens is 312 g/mol. The first kappa shape index (κ1) is 14.7. The van der Waals surface area contributed by atoms with Gasteiger partial charge in [0.15, 0.2) is 0 Å². The summed E-state index contributed by atoms with van der Waals surface area (Å²) in [7, 11) is 0. The minimum atomic E-state index is -2.93. The van der Waals surface area contributed by atoms with E-state index in [1.54, 1.807) is 6.92 Å². The van der Waals surface area contributed by atoms with Gasteiger partial charge in [-0.15, -0.1) is 0 Å². The molecule has 2 N–H and O–H groups in total. The highest BCUT2D eigenvalue weighted by Crippen LogP contribution is 2.31. The molecule has 1 aromatic carbocycles. The van der Waals surface area contributed by atoms with Crippen LogP contribution in [0.1, 0.15) is 12.5 Å². The van der Waals surface area contributed by atoms with Crippen molar-refractivity contribution in [3.63, 3.8) is 0 Å². The number of hydrogen-bond acceptors (Lipinski definition) is 4. The summed E-state index contributed by atoms with van der Waals surface area (Å²) < 4.78 is 33.5. The van der Waals surface area contributed by atoms with E-state index >= 15 is 0 Å². The van der Waals surface area contributed by atoms with Crippen LogP contribution in [0.3, 0.4) is 0 Å². The summed E-state index contributed by atoms with van der Waals surface area (Å²) in [5, 5.41) is 0. The van der Waals surface area contributed by atoms with E-state index in [0.717, 1.165) is 0 Å². The Hall–Kier alpha value is -1.37. The monoisotopic (exact) mass is 323 g/mol. The van der Waals surface area contributed by atoms with E-state index in [2.05, 4.69) is 20.7 Å². The molecule has 0 saturated heterocycles. The van der Waals surface area contributed by atoms with Gasteiger partial charge >= 0.3 is 12.6 Å². The lowest BCUT2D eigenvalue weighted by atomic mass is 10.1. The summed E-state index contributed by atoms with van der Waals surface area (Å²) >= 11 is 3.07. The van der Waals surface area contributed by atoms with E-state index in [-0.39, 0.29) is 24.5 Å². The highest BCUT2D eigenvalue weighted by atomic mass is 79.9. The van der Waals surface area contributed by atoms with Crippen molar-refractivity contribution in [2.45, 2.75) is 20.0 Å². The second kappa shape index (κ2) is 6.53. The van der Waals surface area contributed by atoms with Crippen molar-refractivity contribution in [2.24, 2.45) is 0 Å². The molecule has 0 heterocycles. The molecular formula is C11H12BrF2NO3. The minimum absolute atomic E-state index is 0.0206. The fourth-order valence-corrected chi connectivity index (χ4v) is 1.80. The summed E-state index contributed by atoms with van der Waals surface area (Å²) in [6.45, 7) is -0.972. The van der Waals surface area contributed by atoms with Gasteiger partial charge in [0.05, 0.1) is 17.5 Å². The van der Waals surface area contributed by atoms with Crippen LogP contribution in [-0.4, -0.2) is 19.2 Å². The maximum atomic E-state index is 12.1. The quantitative estimate of drug-likeness (QED) is 0.668. The van der Waals surface area contributed by atoms with Crippen LogP contribution in [0.25, 0.3) is 0 Å². The molecule has 1 rings (SSSR count). The Kier molecular flexibility index (Phi) is 5.33. The first-order valence-corrected chi connectivity index (χ1v) is 5.91. The Morgan fingerprint density at radius 3 is 2.72 bits per heavy atom. The molecule has 1 aromatic rings. The molecule has 0 atom stereocenters. The van der Waals surface area contributed by atoms with Crippen LogP contribution < -0.4 is 10.5 Å². The van der Waals surface area contributed by atoms with Crippen LogP contribution in [0.4, 0.5) is 14.5 Å². The van der Waals surface area contributed by atoms with E-state index in [1.165, 1.54) is 12.1 Å². The van der Waals surface area contributed by atoms with E-state index in [0.29, 0.717) is 10.0 Å². The summed E-state index contributed by atoms with van der Waals surface area (Å²) in [5.41, 5.74) is 6.34. The molecule has 0 aliphatic carbocycles. The molecule has 0 amide bonds. The predicted molar refractivity (Wildman–Crippen MR) is 65.5 cm³/mol. The Morgan fingerprint density at radius 1 is 1.50 bits per heavy atom. The summed E-state index contributed by atoms with van der Waals surface area (Å²) in [4.78, 5) is 11.3. The van der Waals surface area contributed by atoms with Gasteiger partial charge in [-0.05, 0) is 34.5 Å². The van der Waals surface area contributed by atoms with Gasteiger partial charge in [0, 0.05) is 11.8 Å². The van der Waals surface area contributed by atoms with Gasteiger partial charge < -0.3 is 15.2 Å². The Labute approximate surface area is 111 Å². The van der Waals surface area contributed by atoms with E-state index in [1.807, 2.05) is 0 Å². The van der Waals surface area contributed by atoms with Gasteiger partial charge in [0.1, 0.15) is 5.75 Å². The van der Waals surface area contributed by atoms with Gasteiger partial charge in [-0.2, -0.15) is 8.78 Å². The lowest BCUT2D eigenvalue weighted by Gasteiger charge is -2.11. The fraction of sp³-hybridized carbons (Fsp3) is 0.364. The number of anilines is 1. The topological polar surface area (TPSA) is 61.5 Å². The van der Waals surface area contributed by atoms with E-state index in [9.17, 15) is 13.6 Å². The Morgan fingerprint density at radius 2 is 2.17 bits per heavy atom. The number of carbonyl (C=O) groups is 1. The third-order valence-corrected chi connectivity index (χ3v) is 2.67. The number of nitrogen functional groups attached to an aromatic ring is 1. The van der Waals surface area contributed by atoms with Crippen molar-refractivity contribution in [1.82, 2.24) is 0 Å². The maximum Gasteiger partial charge on any atom is 0.387 e. The number of nitrogens with two attached hydrogens (primary N) is 1. The maximum absolute atomic E-state index is 12.1. The minimum Gasteiger partial charge on any atom is -0.466 e. The molecule has 7 heteroatoms. The van der Waals surface area contributed by atoms with Crippen LogP contribution in [0, 0.1) is 0 Å². The van der Waals surface area contributed by atoms with Crippen molar-refractivity contribution >= 4 is 27.6 Å². The van der Waals surface area contributed by atoms with Crippen LogP contribution in [0.2, 0.25) is 0 Å². The normalized spacial score (nSPS) is 10.5. The molecule has 0 spiro atoms. The van der Waals surface area contributed by atoms with Crippen LogP contribution in [0.15, 0.2) is 16.6 Å². The average molecular weight is 324 g/mol. The molecule has 0 bridgehead atoms. The van der Waals surface area contributed by atoms with Gasteiger partial charge in [0.25, 0.3) is 0 Å². The molecule has 4 nitrogen and oxygen atoms in total. The van der Waals surface area contributed by atoms with E-state index in [4.69, 9.17) is 10.5 Å². The molecule has 0 saturated carbocycles. The number of halogens is 3. The largest absolute Gasteiger partial charge is 0.466 e. The second-order valence-corrected chi connectivity index (χ2v) is 4.20. The van der Waals surface area contributed by atoms with Crippen LogP contribution in [0.5, 0.6) is 5.75 Å². The zero-order valence-electron chi connectivity index (χ0n) is 9.58. The fourth-order valence-electron chi connectivity index (χ4n) is 1.32. The average Bonchev–Trinajstić information content (AvgIpc) is 2.25. The number of alkyl halides is 2. The van der Waals surface area contributed by atoms with Crippen molar-refractivity contribution in [2.75, 3.05) is 12.3 Å². The number of rotatable bonds is 5. The van der Waals surface area contributed by atoms with Crippen molar-refractivity contribution in [1.29, 1.82) is 0 Å². The zero-order valence-corrected chi connectivity index (χ0v) is 11.2. The molecule has 0 aromatic heterocycles. The smallest absolute Gasteiger partial charge is 0.387 e. The molecule has 0 unspecified atom stereocenters. The van der Waals surface area contributed by atoms with Crippen molar-refractivity contribution in [3.8, 4) is 5.75 Å². The van der Waals surface area contributed by atoms with Crippen LogP contribution >= 0.6 is 15.9 Å². The molecule has 0 fully saturated rings. The molecule has 0 aliphatic heterocycles. The standard InChI is InChI=1S/C11H12BrF2NO3/c1-2-17-10(16)4-6-3-7(12)9(5-8(6)15)18-11(13)14/h3,5,11H,2,4,15H2,1H3. The SMILES string of the molecule is CCOC(=O)Cc1cc(Br)c(OC(F)F)cc1N. The van der Waals surface area contributed by atoms with Crippen molar-refractivity contribution < 1.29 is 23.0 Å². The van der Waals surface area contributed by atoms with Crippen LogP contribution in [-0.2, 0) is 16.0 Å². The number of carbonyl (C=O) groups excluding carboxylic acids is 1. The van der Waals surface area contributed by atoms with Crippen molar-refractivity contribution in [3.05, 3.63) is 22.2 Å². The summed E-state index contributed by atoms with van der Waals surface area (Å²) in [6.07, 6.45) is -0.0206. The molecule has 18 heavy (non-hydrogen) atoms. The number of ether oxygens (including phenoxy) is 2. The number of benzene rings is 1. The summed E-state index contributed by atoms with van der Waals surface area (Å²) in [6, 6.07) is 2.70. The zero-order chi connectivity index (χ0) is 13.7. The first-order chi connectivity index (χ1) is 8.43. The van der Waals surface area contributed by atoms with Gasteiger partial charge in [-0.3, -0.25) is 4.79 Å². The third kappa shape index (κ3) is 4.14. The van der Waals surface area contributed by atoms with E-state index < -0.39 is 12.6 Å². The molecule has 100 valence electrons. The first-order valence-electron chi connectivity index (χ1n) is 5.12. The Balaban J connectivity index is 2.89. The summed E-state index contributed by atoms with van der Waals surface area (Å²) in [5.74, 6) is -0.506. The lowest BCUT2D eigenvalue weighted by molar-refractivity contribution is -0.142. The number of hydrogen-bond donors (Lipinski definition) is 1. The third-order valence-electron chi connectivity index (χ3n) is 2.05. The molecule has 0 radical (unpaired) electrons. The molecule has 0 aliphatic rings. The lowest BCUT2D eigenvalue weighted by Crippen LogP contribution is -2.10. The van der Waals surface area contributed by atoms with Gasteiger partial charge in [-0.1, -0.05) is 0 Å².